The molecule has 0 atom stereocenters. The fourth-order valence-corrected chi connectivity index (χ4v) is 3.35. The van der Waals surface area contributed by atoms with E-state index >= 15 is 0 Å². The first-order valence-corrected chi connectivity index (χ1v) is 9.12. The first kappa shape index (κ1) is 17.5. The van der Waals surface area contributed by atoms with Crippen molar-refractivity contribution >= 4 is 10.0 Å². The Kier molecular flexibility index (Phi) is 5.80. The lowest BCUT2D eigenvalue weighted by Crippen LogP contribution is -2.31. The molecule has 0 spiro atoms. The predicted molar refractivity (Wildman–Crippen MR) is 92.3 cm³/mol. The van der Waals surface area contributed by atoms with E-state index in [9.17, 15) is 8.42 Å². The topological polar surface area (TPSA) is 46.6 Å². The maximum absolute atomic E-state index is 12.5. The lowest BCUT2D eigenvalue weighted by atomic mass is 10.2. The standard InChI is InChI=1S/C18H23NO3S/c1-4-16-8-10-18(11-9-16)23(20,21)19(3)12-13-22-17-7-5-6-15(2)14-17/h5-11,14H,4,12-13H2,1-3H3. The van der Waals surface area contributed by atoms with Crippen molar-refractivity contribution in [2.75, 3.05) is 20.2 Å². The van der Waals surface area contributed by atoms with Crippen LogP contribution in [0.2, 0.25) is 0 Å². The van der Waals surface area contributed by atoms with Crippen LogP contribution in [0.5, 0.6) is 5.75 Å². The first-order valence-electron chi connectivity index (χ1n) is 7.68. The number of aryl methyl sites for hydroxylation is 2. The van der Waals surface area contributed by atoms with Crippen molar-refractivity contribution in [2.45, 2.75) is 25.2 Å². The predicted octanol–water partition coefficient (Wildman–Crippen LogP) is 3.26. The SMILES string of the molecule is CCc1ccc(S(=O)(=O)N(C)CCOc2cccc(C)c2)cc1. The molecule has 23 heavy (non-hydrogen) atoms. The van der Waals surface area contributed by atoms with Gasteiger partial charge in [0.05, 0.1) is 4.90 Å². The van der Waals surface area contributed by atoms with Crippen LogP contribution in [0.1, 0.15) is 18.1 Å². The van der Waals surface area contributed by atoms with Gasteiger partial charge < -0.3 is 4.74 Å². The van der Waals surface area contributed by atoms with Crippen LogP contribution in [-0.4, -0.2) is 32.9 Å². The Morgan fingerprint density at radius 2 is 1.78 bits per heavy atom. The highest BCUT2D eigenvalue weighted by Gasteiger charge is 2.20. The number of hydrogen-bond donors (Lipinski definition) is 0. The molecule has 2 rings (SSSR count). The third-order valence-corrected chi connectivity index (χ3v) is 5.58. The van der Waals surface area contributed by atoms with Crippen molar-refractivity contribution in [3.63, 3.8) is 0 Å². The number of benzene rings is 2. The van der Waals surface area contributed by atoms with Crippen LogP contribution < -0.4 is 4.74 Å². The molecule has 0 N–H and O–H groups in total. The average Bonchev–Trinajstić information content (AvgIpc) is 2.55. The van der Waals surface area contributed by atoms with E-state index in [0.29, 0.717) is 18.0 Å². The summed E-state index contributed by atoms with van der Waals surface area (Å²) < 4.78 is 31.9. The van der Waals surface area contributed by atoms with Crippen LogP contribution in [0.4, 0.5) is 0 Å². The molecule has 2 aromatic rings. The van der Waals surface area contributed by atoms with Crippen molar-refractivity contribution in [3.05, 3.63) is 59.7 Å². The highest BCUT2D eigenvalue weighted by molar-refractivity contribution is 7.89. The fourth-order valence-electron chi connectivity index (χ4n) is 2.19. The summed E-state index contributed by atoms with van der Waals surface area (Å²) in [5.74, 6) is 0.753. The Morgan fingerprint density at radius 3 is 2.39 bits per heavy atom. The average molecular weight is 333 g/mol. The molecule has 5 heteroatoms. The van der Waals surface area contributed by atoms with Gasteiger partial charge in [0.2, 0.25) is 10.0 Å². The molecule has 0 unspecified atom stereocenters. The Bertz CT molecular complexity index is 739. The van der Waals surface area contributed by atoms with Gasteiger partial charge in [-0.05, 0) is 48.7 Å². The fraction of sp³-hybridized carbons (Fsp3) is 0.333. The number of rotatable bonds is 7. The van der Waals surface area contributed by atoms with E-state index in [-0.39, 0.29) is 0 Å². The van der Waals surface area contributed by atoms with Gasteiger partial charge in [0.1, 0.15) is 12.4 Å². The molecule has 0 fully saturated rings. The molecule has 0 heterocycles. The molecule has 2 aromatic carbocycles. The van der Waals surface area contributed by atoms with Gasteiger partial charge >= 0.3 is 0 Å². The first-order chi connectivity index (χ1) is 10.9. The third-order valence-electron chi connectivity index (χ3n) is 3.70. The van der Waals surface area contributed by atoms with Gasteiger partial charge in [-0.25, -0.2) is 8.42 Å². The minimum Gasteiger partial charge on any atom is -0.492 e. The second kappa shape index (κ2) is 7.62. The second-order valence-electron chi connectivity index (χ2n) is 5.49. The van der Waals surface area contributed by atoms with Crippen molar-refractivity contribution in [1.29, 1.82) is 0 Å². The zero-order valence-corrected chi connectivity index (χ0v) is 14.6. The maximum atomic E-state index is 12.5. The highest BCUT2D eigenvalue weighted by Crippen LogP contribution is 2.16. The van der Waals surface area contributed by atoms with E-state index in [4.69, 9.17) is 4.74 Å². The van der Waals surface area contributed by atoms with Crippen LogP contribution in [0.15, 0.2) is 53.4 Å². The minimum absolute atomic E-state index is 0.297. The Balaban J connectivity index is 1.96. The number of nitrogens with zero attached hydrogens (tertiary/aromatic N) is 1. The van der Waals surface area contributed by atoms with E-state index in [0.717, 1.165) is 23.3 Å². The number of likely N-dealkylation sites (N-methyl/N-ethyl adjacent to an activating group) is 1. The molecule has 4 nitrogen and oxygen atoms in total. The Hall–Kier alpha value is -1.85. The van der Waals surface area contributed by atoms with Crippen LogP contribution in [0.3, 0.4) is 0 Å². The molecule has 0 aliphatic rings. The smallest absolute Gasteiger partial charge is 0.242 e. The minimum atomic E-state index is -3.47. The van der Waals surface area contributed by atoms with Gasteiger partial charge in [0.15, 0.2) is 0 Å². The summed E-state index contributed by atoms with van der Waals surface area (Å²) in [6, 6.07) is 14.7. The monoisotopic (exact) mass is 333 g/mol. The lowest BCUT2D eigenvalue weighted by Gasteiger charge is -2.17. The molecule has 0 amide bonds. The van der Waals surface area contributed by atoms with E-state index in [1.165, 1.54) is 4.31 Å². The van der Waals surface area contributed by atoms with Gasteiger partial charge in [-0.1, -0.05) is 31.2 Å². The summed E-state index contributed by atoms with van der Waals surface area (Å²) in [5, 5.41) is 0. The van der Waals surface area contributed by atoms with Crippen LogP contribution >= 0.6 is 0 Å². The molecule has 0 aliphatic heterocycles. The molecular formula is C18H23NO3S. The van der Waals surface area contributed by atoms with Crippen LogP contribution in [-0.2, 0) is 16.4 Å². The number of sulfonamides is 1. The lowest BCUT2D eigenvalue weighted by molar-refractivity contribution is 0.286. The molecule has 124 valence electrons. The summed E-state index contributed by atoms with van der Waals surface area (Å²) in [7, 11) is -1.90. The van der Waals surface area contributed by atoms with Crippen LogP contribution in [0, 0.1) is 6.92 Å². The number of ether oxygens (including phenoxy) is 1. The normalized spacial score (nSPS) is 11.7. The van der Waals surface area contributed by atoms with Crippen molar-refractivity contribution in [1.82, 2.24) is 4.31 Å². The molecule has 0 aromatic heterocycles. The van der Waals surface area contributed by atoms with Gasteiger partial charge in [0.25, 0.3) is 0 Å². The third kappa shape index (κ3) is 4.56. The quantitative estimate of drug-likeness (QED) is 0.781. The van der Waals surface area contributed by atoms with E-state index in [1.807, 2.05) is 50.2 Å². The van der Waals surface area contributed by atoms with Crippen molar-refractivity contribution < 1.29 is 13.2 Å². The summed E-state index contributed by atoms with van der Waals surface area (Å²) >= 11 is 0. The highest BCUT2D eigenvalue weighted by atomic mass is 32.2. The Labute approximate surface area is 138 Å². The molecule has 0 radical (unpaired) electrons. The largest absolute Gasteiger partial charge is 0.492 e. The molecule has 0 saturated heterocycles. The van der Waals surface area contributed by atoms with Crippen molar-refractivity contribution in [3.8, 4) is 5.75 Å². The maximum Gasteiger partial charge on any atom is 0.242 e. The van der Waals surface area contributed by atoms with Crippen molar-refractivity contribution in [2.24, 2.45) is 0 Å². The van der Waals surface area contributed by atoms with Crippen LogP contribution in [0.25, 0.3) is 0 Å². The van der Waals surface area contributed by atoms with Gasteiger partial charge in [-0.2, -0.15) is 4.31 Å². The van der Waals surface area contributed by atoms with E-state index in [2.05, 4.69) is 0 Å². The molecule has 0 aliphatic carbocycles. The zero-order chi connectivity index (χ0) is 16.9. The summed E-state index contributed by atoms with van der Waals surface area (Å²) in [4.78, 5) is 0.313. The second-order valence-corrected chi connectivity index (χ2v) is 7.53. The Morgan fingerprint density at radius 1 is 1.09 bits per heavy atom. The molecule has 0 saturated carbocycles. The summed E-state index contributed by atoms with van der Waals surface area (Å²) in [6.07, 6.45) is 0.889. The van der Waals surface area contributed by atoms with Gasteiger partial charge in [0, 0.05) is 13.6 Å². The van der Waals surface area contributed by atoms with E-state index < -0.39 is 10.0 Å². The van der Waals surface area contributed by atoms with Gasteiger partial charge in [-0.15, -0.1) is 0 Å². The van der Waals surface area contributed by atoms with Gasteiger partial charge in [-0.3, -0.25) is 0 Å². The molecular weight excluding hydrogens is 310 g/mol. The zero-order valence-electron chi connectivity index (χ0n) is 13.8. The molecule has 0 bridgehead atoms. The summed E-state index contributed by atoms with van der Waals surface area (Å²) in [6.45, 7) is 4.64. The summed E-state index contributed by atoms with van der Waals surface area (Å²) in [5.41, 5.74) is 2.23. The number of hydrogen-bond acceptors (Lipinski definition) is 3. The van der Waals surface area contributed by atoms with E-state index in [1.54, 1.807) is 19.2 Å².